The lowest BCUT2D eigenvalue weighted by Crippen LogP contribution is -2.00. The lowest BCUT2D eigenvalue weighted by molar-refractivity contribution is -0.117. The molecule has 0 aromatic carbocycles. The molecule has 0 unspecified atom stereocenters. The van der Waals surface area contributed by atoms with Crippen molar-refractivity contribution in [1.82, 2.24) is 0 Å². The number of rotatable bonds is 6. The third kappa shape index (κ3) is 4.94. The van der Waals surface area contributed by atoms with Crippen molar-refractivity contribution in [2.24, 2.45) is 10.3 Å². The molecule has 0 fully saturated rings. The van der Waals surface area contributed by atoms with Crippen LogP contribution in [-0.2, 0) is 18.3 Å². The maximum atomic E-state index is 11.7. The molecule has 0 saturated heterocycles. The van der Waals surface area contributed by atoms with E-state index in [2.05, 4.69) is 18.2 Å². The predicted molar refractivity (Wildman–Crippen MR) is 83.1 cm³/mol. The fourth-order valence-corrected chi connectivity index (χ4v) is 4.40. The number of ether oxygens (including phenoxy) is 1. The summed E-state index contributed by atoms with van der Waals surface area (Å²) in [5, 5.41) is 1.90. The molecule has 1 aromatic heterocycles. The van der Waals surface area contributed by atoms with Gasteiger partial charge in [-0.05, 0) is 23.8 Å². The maximum absolute atomic E-state index is 11.7. The molecule has 0 aliphatic heterocycles. The van der Waals surface area contributed by atoms with Crippen LogP contribution in [-0.4, -0.2) is 13.0 Å². The van der Waals surface area contributed by atoms with Gasteiger partial charge < -0.3 is 4.74 Å². The molecular formula is C11H16INO3S2. The Kier molecular flexibility index (Phi) is 7.35. The van der Waals surface area contributed by atoms with Crippen LogP contribution in [0.3, 0.4) is 0 Å². The summed E-state index contributed by atoms with van der Waals surface area (Å²) in [6, 6.07) is 1.85. The number of hydrogen-bond acceptors (Lipinski definition) is 4. The summed E-state index contributed by atoms with van der Waals surface area (Å²) in [6.07, 6.45) is 1.32. The van der Waals surface area contributed by atoms with Gasteiger partial charge in [-0.2, -0.15) is 4.36 Å². The smallest absolute Gasteiger partial charge is 0.253 e. The van der Waals surface area contributed by atoms with E-state index in [1.54, 1.807) is 30.1 Å². The molecule has 1 aromatic rings. The average molecular weight is 401 g/mol. The van der Waals surface area contributed by atoms with E-state index in [-0.39, 0.29) is 5.91 Å². The summed E-state index contributed by atoms with van der Waals surface area (Å²) < 4.78 is 15.4. The highest BCUT2D eigenvalue weighted by molar-refractivity contribution is 14.1. The Labute approximate surface area is 128 Å². The Morgan fingerprint density at radius 1 is 1.61 bits per heavy atom. The summed E-state index contributed by atoms with van der Waals surface area (Å²) >= 11 is 3.26. The van der Waals surface area contributed by atoms with Gasteiger partial charge in [-0.1, -0.05) is 13.8 Å². The molecule has 1 heterocycles. The van der Waals surface area contributed by atoms with Crippen LogP contribution in [0.15, 0.2) is 20.0 Å². The molecule has 0 aliphatic carbocycles. The molecule has 1 rings (SSSR count). The van der Waals surface area contributed by atoms with E-state index in [1.165, 1.54) is 11.3 Å². The summed E-state index contributed by atoms with van der Waals surface area (Å²) in [4.78, 5) is 11.7. The summed E-state index contributed by atoms with van der Waals surface area (Å²) in [5.74, 6) is 1.11. The van der Waals surface area contributed by atoms with Gasteiger partial charge in [0, 0.05) is 6.42 Å². The van der Waals surface area contributed by atoms with Crippen molar-refractivity contribution in [3.63, 3.8) is 0 Å². The lowest BCUT2D eigenvalue weighted by Gasteiger charge is -2.05. The SMILES string of the molecule is COc1ccsc1[S@](=NC(=O)CCC(C)C)OI. The standard InChI is InChI=1S/C11H16INO3S2/c1-8(2)4-5-10(14)13-18(16-12)11-9(15-3)6-7-17-11/h6-8H,4-5H2,1-3H3/t18-/m1/s1. The van der Waals surface area contributed by atoms with Crippen molar-refractivity contribution in [3.8, 4) is 5.75 Å². The summed E-state index contributed by atoms with van der Waals surface area (Å²) in [5.41, 5.74) is 0. The van der Waals surface area contributed by atoms with Crippen LogP contribution in [0.2, 0.25) is 0 Å². The Morgan fingerprint density at radius 2 is 2.33 bits per heavy atom. The zero-order valence-electron chi connectivity index (χ0n) is 10.5. The van der Waals surface area contributed by atoms with Crippen molar-refractivity contribution in [2.45, 2.75) is 30.9 Å². The number of hydrogen-bond donors (Lipinski definition) is 0. The van der Waals surface area contributed by atoms with Gasteiger partial charge in [-0.3, -0.25) is 4.79 Å². The second-order valence-corrected chi connectivity index (χ2v) is 7.47. The normalized spacial score (nSPS) is 12.9. The minimum Gasteiger partial charge on any atom is -0.495 e. The first kappa shape index (κ1) is 16.1. The van der Waals surface area contributed by atoms with Crippen LogP contribution in [0.5, 0.6) is 5.75 Å². The molecule has 102 valence electrons. The lowest BCUT2D eigenvalue weighted by atomic mass is 10.1. The van der Waals surface area contributed by atoms with Gasteiger partial charge in [0.05, 0.1) is 18.1 Å². The van der Waals surface area contributed by atoms with E-state index in [0.717, 1.165) is 16.4 Å². The molecule has 0 saturated carbocycles. The zero-order valence-corrected chi connectivity index (χ0v) is 14.3. The second kappa shape index (κ2) is 8.23. The van der Waals surface area contributed by atoms with Gasteiger partial charge in [-0.25, -0.2) is 2.51 Å². The van der Waals surface area contributed by atoms with E-state index >= 15 is 0 Å². The molecule has 1 atom stereocenters. The maximum Gasteiger partial charge on any atom is 0.253 e. The second-order valence-electron chi connectivity index (χ2n) is 4.01. The Bertz CT molecular complexity index is 432. The topological polar surface area (TPSA) is 47.9 Å². The first-order chi connectivity index (χ1) is 8.58. The number of methoxy groups -OCH3 is 1. The van der Waals surface area contributed by atoms with E-state index in [1.807, 2.05) is 11.4 Å². The van der Waals surface area contributed by atoms with Crippen LogP contribution in [0.4, 0.5) is 0 Å². The third-order valence-corrected chi connectivity index (χ3v) is 5.59. The van der Waals surface area contributed by atoms with Crippen molar-refractivity contribution in [1.29, 1.82) is 0 Å². The van der Waals surface area contributed by atoms with Gasteiger partial charge in [0.15, 0.2) is 0 Å². The van der Waals surface area contributed by atoms with Gasteiger partial charge in [0.25, 0.3) is 5.91 Å². The molecule has 0 aliphatic rings. The fraction of sp³-hybridized carbons (Fsp3) is 0.545. The van der Waals surface area contributed by atoms with Crippen LogP contribution < -0.4 is 4.74 Å². The molecule has 0 N–H and O–H groups in total. The van der Waals surface area contributed by atoms with Crippen LogP contribution in [0, 0.1) is 5.92 Å². The molecular weight excluding hydrogens is 385 g/mol. The van der Waals surface area contributed by atoms with Gasteiger partial charge in [0.2, 0.25) is 0 Å². The first-order valence-electron chi connectivity index (χ1n) is 5.48. The van der Waals surface area contributed by atoms with E-state index in [0.29, 0.717) is 12.3 Å². The Balaban J connectivity index is 2.79. The number of amides is 1. The first-order valence-corrected chi connectivity index (χ1v) is 8.34. The number of halogens is 1. The molecule has 0 radical (unpaired) electrons. The highest BCUT2D eigenvalue weighted by atomic mass is 127. The van der Waals surface area contributed by atoms with Gasteiger partial charge in [-0.15, -0.1) is 11.3 Å². The Morgan fingerprint density at radius 3 is 2.89 bits per heavy atom. The van der Waals surface area contributed by atoms with Gasteiger partial charge >= 0.3 is 0 Å². The molecule has 1 amide bonds. The van der Waals surface area contributed by atoms with Crippen LogP contribution in [0.25, 0.3) is 0 Å². The predicted octanol–water partition coefficient (Wildman–Crippen LogP) is 4.16. The minimum absolute atomic E-state index is 0.112. The van der Waals surface area contributed by atoms with Gasteiger partial charge in [0.1, 0.15) is 33.0 Å². The molecule has 18 heavy (non-hydrogen) atoms. The van der Waals surface area contributed by atoms with Crippen LogP contribution in [0.1, 0.15) is 26.7 Å². The highest BCUT2D eigenvalue weighted by Gasteiger charge is 2.13. The summed E-state index contributed by atoms with van der Waals surface area (Å²) in [7, 11) is 0.734. The molecule has 4 nitrogen and oxygen atoms in total. The third-order valence-electron chi connectivity index (χ3n) is 2.15. The highest BCUT2D eigenvalue weighted by Crippen LogP contribution is 2.30. The summed E-state index contributed by atoms with van der Waals surface area (Å²) in [6.45, 7) is 4.17. The van der Waals surface area contributed by atoms with Crippen molar-refractivity contribution in [2.75, 3.05) is 7.11 Å². The van der Waals surface area contributed by atoms with E-state index < -0.39 is 11.0 Å². The number of thiophene rings is 1. The number of carbonyl (C=O) groups excluding carboxylic acids is 1. The minimum atomic E-state index is -0.864. The fourth-order valence-electron chi connectivity index (χ4n) is 1.20. The van der Waals surface area contributed by atoms with Crippen molar-refractivity contribution < 1.29 is 12.0 Å². The van der Waals surface area contributed by atoms with E-state index in [9.17, 15) is 4.79 Å². The molecule has 0 spiro atoms. The quantitative estimate of drug-likeness (QED) is 0.673. The molecule has 7 heteroatoms. The van der Waals surface area contributed by atoms with Crippen molar-refractivity contribution in [3.05, 3.63) is 11.4 Å². The number of carbonyl (C=O) groups is 1. The molecule has 0 bridgehead atoms. The van der Waals surface area contributed by atoms with Crippen LogP contribution >= 0.6 is 34.3 Å². The van der Waals surface area contributed by atoms with Crippen molar-refractivity contribution >= 4 is 51.2 Å². The largest absolute Gasteiger partial charge is 0.495 e. The monoisotopic (exact) mass is 401 g/mol. The average Bonchev–Trinajstić information content (AvgIpc) is 2.81. The Hall–Kier alpha value is 0.01000. The zero-order chi connectivity index (χ0) is 13.5. The van der Waals surface area contributed by atoms with E-state index in [4.69, 9.17) is 7.25 Å². The number of nitrogens with zero attached hydrogens (tertiary/aromatic N) is 1.